The lowest BCUT2D eigenvalue weighted by Crippen LogP contribution is -2.72. The van der Waals surface area contributed by atoms with E-state index in [4.69, 9.17) is 0 Å². The SMILES string of the molecule is O=C(c1ccccn1)N1C[C@@H]2N[C@H](C1)C2c1ccc(-c2ccccc2F)cc1. The number of nitrogens with zero attached hydrogens (tertiary/aromatic N) is 2. The number of carbonyl (C=O) groups excluding carboxylic acids is 1. The molecule has 1 aromatic heterocycles. The minimum absolute atomic E-state index is 0.00884. The van der Waals surface area contributed by atoms with Gasteiger partial charge in [-0.2, -0.15) is 0 Å². The average Bonchev–Trinajstić information content (AvgIpc) is 2.75. The summed E-state index contributed by atoms with van der Waals surface area (Å²) in [5.74, 6) is 0.161. The Bertz CT molecular complexity index is 994. The van der Waals surface area contributed by atoms with Crippen molar-refractivity contribution < 1.29 is 9.18 Å². The second-order valence-electron chi connectivity index (χ2n) is 7.43. The normalized spacial score (nSPS) is 23.2. The summed E-state index contributed by atoms with van der Waals surface area (Å²) >= 11 is 0. The smallest absolute Gasteiger partial charge is 0.272 e. The van der Waals surface area contributed by atoms with Crippen LogP contribution in [0, 0.1) is 5.82 Å². The molecule has 2 bridgehead atoms. The maximum atomic E-state index is 14.0. The van der Waals surface area contributed by atoms with E-state index in [0.29, 0.717) is 30.3 Å². The number of hydrogen-bond donors (Lipinski definition) is 1. The standard InChI is InChI=1S/C23H20FN3O/c24-18-6-2-1-5-17(18)15-8-10-16(11-9-15)22-20-13-27(14-21(22)26-20)23(28)19-7-3-4-12-25-19/h1-12,20-22,26H,13-14H2/t20-,21+,22?. The molecule has 5 heteroatoms. The van der Waals surface area contributed by atoms with Crippen molar-refractivity contribution in [2.45, 2.75) is 18.0 Å². The fourth-order valence-electron chi connectivity index (χ4n) is 4.39. The first-order chi connectivity index (χ1) is 13.7. The molecule has 1 amide bonds. The second kappa shape index (κ2) is 6.84. The van der Waals surface area contributed by atoms with Gasteiger partial charge in [0.1, 0.15) is 11.5 Å². The lowest BCUT2D eigenvalue weighted by atomic mass is 9.74. The lowest BCUT2D eigenvalue weighted by molar-refractivity contribution is 0.0362. The van der Waals surface area contributed by atoms with Gasteiger partial charge in [-0.05, 0) is 29.3 Å². The van der Waals surface area contributed by atoms with Gasteiger partial charge in [0.05, 0.1) is 0 Å². The minimum Gasteiger partial charge on any atom is -0.334 e. The Kier molecular flexibility index (Phi) is 4.17. The lowest BCUT2D eigenvalue weighted by Gasteiger charge is -2.54. The molecular weight excluding hydrogens is 353 g/mol. The van der Waals surface area contributed by atoms with Crippen molar-refractivity contribution in [3.63, 3.8) is 0 Å². The van der Waals surface area contributed by atoms with Crippen LogP contribution in [0.2, 0.25) is 0 Å². The van der Waals surface area contributed by atoms with Gasteiger partial charge in [0.15, 0.2) is 0 Å². The van der Waals surface area contributed by atoms with E-state index in [0.717, 1.165) is 5.56 Å². The summed E-state index contributed by atoms with van der Waals surface area (Å²) in [5, 5.41) is 3.55. The molecular formula is C23H20FN3O. The number of aromatic nitrogens is 1. The first kappa shape index (κ1) is 17.1. The fourth-order valence-corrected chi connectivity index (χ4v) is 4.39. The van der Waals surface area contributed by atoms with E-state index >= 15 is 0 Å². The van der Waals surface area contributed by atoms with Crippen LogP contribution in [-0.2, 0) is 0 Å². The average molecular weight is 373 g/mol. The van der Waals surface area contributed by atoms with Gasteiger partial charge in [-0.3, -0.25) is 9.78 Å². The number of pyridine rings is 1. The van der Waals surface area contributed by atoms with Gasteiger partial charge >= 0.3 is 0 Å². The predicted molar refractivity (Wildman–Crippen MR) is 105 cm³/mol. The zero-order chi connectivity index (χ0) is 19.1. The molecule has 140 valence electrons. The van der Waals surface area contributed by atoms with Crippen molar-refractivity contribution >= 4 is 5.91 Å². The van der Waals surface area contributed by atoms with Crippen LogP contribution in [0.4, 0.5) is 4.39 Å². The van der Waals surface area contributed by atoms with Crippen LogP contribution >= 0.6 is 0 Å². The van der Waals surface area contributed by atoms with Crippen LogP contribution in [0.5, 0.6) is 0 Å². The van der Waals surface area contributed by atoms with Gasteiger partial charge in [-0.25, -0.2) is 4.39 Å². The fraction of sp³-hybridized carbons (Fsp3) is 0.217. The highest BCUT2D eigenvalue weighted by atomic mass is 19.1. The quantitative estimate of drug-likeness (QED) is 0.765. The zero-order valence-corrected chi connectivity index (χ0v) is 15.3. The molecule has 1 unspecified atom stereocenters. The molecule has 3 fully saturated rings. The van der Waals surface area contributed by atoms with Crippen LogP contribution < -0.4 is 5.32 Å². The minimum atomic E-state index is -0.207. The van der Waals surface area contributed by atoms with E-state index in [1.165, 1.54) is 11.6 Å². The summed E-state index contributed by atoms with van der Waals surface area (Å²) in [6.45, 7) is 1.34. The Morgan fingerprint density at radius 2 is 1.68 bits per heavy atom. The van der Waals surface area contributed by atoms with Gasteiger partial charge < -0.3 is 10.2 Å². The third-order valence-corrected chi connectivity index (χ3v) is 5.78. The van der Waals surface area contributed by atoms with Crippen LogP contribution in [0.1, 0.15) is 22.0 Å². The van der Waals surface area contributed by atoms with E-state index in [2.05, 4.69) is 22.4 Å². The van der Waals surface area contributed by atoms with Gasteiger partial charge in [0.2, 0.25) is 0 Å². The molecule has 0 aliphatic carbocycles. The summed E-state index contributed by atoms with van der Waals surface area (Å²) in [4.78, 5) is 18.7. The molecule has 6 rings (SSSR count). The van der Waals surface area contributed by atoms with Crippen molar-refractivity contribution in [3.05, 3.63) is 90.0 Å². The molecule has 1 N–H and O–H groups in total. The molecule has 28 heavy (non-hydrogen) atoms. The number of hydrogen-bond acceptors (Lipinski definition) is 3. The molecule has 4 heterocycles. The van der Waals surface area contributed by atoms with Crippen molar-refractivity contribution in [2.75, 3.05) is 13.1 Å². The Hall–Kier alpha value is -3.05. The Balaban J connectivity index is 1.31. The molecule has 3 aromatic rings. The largest absolute Gasteiger partial charge is 0.334 e. The monoisotopic (exact) mass is 373 g/mol. The van der Waals surface area contributed by atoms with Gasteiger partial charge in [-0.1, -0.05) is 48.5 Å². The maximum Gasteiger partial charge on any atom is 0.272 e. The first-order valence-corrected chi connectivity index (χ1v) is 9.52. The zero-order valence-electron chi connectivity index (χ0n) is 15.3. The second-order valence-corrected chi connectivity index (χ2v) is 7.43. The third kappa shape index (κ3) is 2.88. The topological polar surface area (TPSA) is 45.2 Å². The van der Waals surface area contributed by atoms with Crippen LogP contribution in [0.25, 0.3) is 11.1 Å². The van der Waals surface area contributed by atoms with Crippen LogP contribution in [0.3, 0.4) is 0 Å². The Labute approximate surface area is 163 Å². The molecule has 3 atom stereocenters. The molecule has 0 saturated carbocycles. The number of amides is 1. The van der Waals surface area contributed by atoms with Crippen LogP contribution in [0.15, 0.2) is 72.9 Å². The van der Waals surface area contributed by atoms with Crippen molar-refractivity contribution in [1.82, 2.24) is 15.2 Å². The Morgan fingerprint density at radius 3 is 2.36 bits per heavy atom. The van der Waals surface area contributed by atoms with Gasteiger partial charge in [-0.15, -0.1) is 0 Å². The number of piperidine rings is 1. The Morgan fingerprint density at radius 1 is 0.964 bits per heavy atom. The molecule has 3 aliphatic heterocycles. The summed E-state index contributed by atoms with van der Waals surface area (Å²) in [7, 11) is 0. The summed E-state index contributed by atoms with van der Waals surface area (Å²) in [6.07, 6.45) is 1.65. The maximum absolute atomic E-state index is 14.0. The number of fused-ring (bicyclic) bond motifs is 2. The summed E-state index contributed by atoms with van der Waals surface area (Å²) in [5.41, 5.74) is 3.23. The number of nitrogens with one attached hydrogen (secondary N) is 1. The number of rotatable bonds is 3. The molecule has 2 aromatic carbocycles. The van der Waals surface area contributed by atoms with E-state index in [1.54, 1.807) is 24.4 Å². The highest BCUT2D eigenvalue weighted by molar-refractivity contribution is 5.92. The van der Waals surface area contributed by atoms with E-state index in [9.17, 15) is 9.18 Å². The highest BCUT2D eigenvalue weighted by Crippen LogP contribution is 2.38. The predicted octanol–water partition coefficient (Wildman–Crippen LogP) is 3.47. The van der Waals surface area contributed by atoms with Crippen molar-refractivity contribution in [2.24, 2.45) is 0 Å². The van der Waals surface area contributed by atoms with Crippen molar-refractivity contribution in [1.29, 1.82) is 0 Å². The molecule has 3 aliphatic rings. The van der Waals surface area contributed by atoms with E-state index in [1.807, 2.05) is 35.2 Å². The molecule has 0 radical (unpaired) electrons. The number of piperazine rings is 1. The van der Waals surface area contributed by atoms with E-state index < -0.39 is 0 Å². The van der Waals surface area contributed by atoms with E-state index in [-0.39, 0.29) is 23.8 Å². The van der Waals surface area contributed by atoms with Crippen LogP contribution in [-0.4, -0.2) is 41.0 Å². The molecule has 4 nitrogen and oxygen atoms in total. The van der Waals surface area contributed by atoms with Crippen molar-refractivity contribution in [3.8, 4) is 11.1 Å². The molecule has 0 spiro atoms. The van der Waals surface area contributed by atoms with Gasteiger partial charge in [0.25, 0.3) is 5.91 Å². The highest BCUT2D eigenvalue weighted by Gasteiger charge is 2.48. The number of halogens is 1. The molecule has 3 saturated heterocycles. The number of carbonyl (C=O) groups is 1. The first-order valence-electron chi connectivity index (χ1n) is 9.52. The number of benzene rings is 2. The summed E-state index contributed by atoms with van der Waals surface area (Å²) in [6, 6.07) is 20.9. The third-order valence-electron chi connectivity index (χ3n) is 5.78. The summed E-state index contributed by atoms with van der Waals surface area (Å²) < 4.78 is 14.0. The van der Waals surface area contributed by atoms with Gasteiger partial charge in [0, 0.05) is 42.9 Å².